The summed E-state index contributed by atoms with van der Waals surface area (Å²) in [5.41, 5.74) is 7.07. The van der Waals surface area contributed by atoms with E-state index in [4.69, 9.17) is 5.73 Å². The van der Waals surface area contributed by atoms with Crippen molar-refractivity contribution in [2.24, 2.45) is 5.73 Å². The van der Waals surface area contributed by atoms with E-state index in [0.29, 0.717) is 0 Å². The molecule has 0 bridgehead atoms. The maximum absolute atomic E-state index is 5.98. The third kappa shape index (κ3) is 3.67. The van der Waals surface area contributed by atoms with Gasteiger partial charge in [-0.05, 0) is 24.9 Å². The van der Waals surface area contributed by atoms with Gasteiger partial charge < -0.3 is 5.73 Å². The molecule has 0 saturated carbocycles. The molecule has 2 nitrogen and oxygen atoms in total. The predicted molar refractivity (Wildman–Crippen MR) is 61.4 cm³/mol. The summed E-state index contributed by atoms with van der Waals surface area (Å²) >= 11 is 3.61. The molecule has 0 aliphatic heterocycles. The molecule has 0 aliphatic rings. The second kappa shape index (κ2) is 5.62. The molecular formula is C9H16N2S2. The van der Waals surface area contributed by atoms with Crippen molar-refractivity contribution in [2.75, 3.05) is 11.5 Å². The van der Waals surface area contributed by atoms with Crippen LogP contribution < -0.4 is 5.73 Å². The number of nitrogens with two attached hydrogens (primary N) is 1. The van der Waals surface area contributed by atoms with Crippen LogP contribution in [-0.2, 0) is 0 Å². The number of rotatable bonds is 5. The molecule has 0 radical (unpaired) electrons. The van der Waals surface area contributed by atoms with Crippen molar-refractivity contribution in [1.82, 2.24) is 4.98 Å². The molecular weight excluding hydrogens is 200 g/mol. The Bertz CT molecular complexity index is 248. The van der Waals surface area contributed by atoms with Crippen LogP contribution >= 0.6 is 23.1 Å². The molecule has 0 aromatic carbocycles. The predicted octanol–water partition coefficient (Wildman–Crippen LogP) is 2.59. The highest BCUT2D eigenvalue weighted by Gasteiger charge is 2.08. The minimum Gasteiger partial charge on any atom is -0.322 e. The number of aromatic nitrogens is 1. The zero-order valence-corrected chi connectivity index (χ0v) is 9.75. The molecule has 0 spiro atoms. The Labute approximate surface area is 87.9 Å². The van der Waals surface area contributed by atoms with E-state index in [-0.39, 0.29) is 6.04 Å². The lowest BCUT2D eigenvalue weighted by atomic mass is 10.2. The van der Waals surface area contributed by atoms with E-state index >= 15 is 0 Å². The molecule has 13 heavy (non-hydrogen) atoms. The highest BCUT2D eigenvalue weighted by Crippen LogP contribution is 2.20. The molecule has 74 valence electrons. The van der Waals surface area contributed by atoms with Crippen molar-refractivity contribution in [3.05, 3.63) is 16.1 Å². The van der Waals surface area contributed by atoms with Gasteiger partial charge in [0.05, 0.1) is 6.04 Å². The fourth-order valence-electron chi connectivity index (χ4n) is 1.02. The van der Waals surface area contributed by atoms with Gasteiger partial charge in [-0.2, -0.15) is 11.8 Å². The average molecular weight is 216 g/mol. The van der Waals surface area contributed by atoms with Gasteiger partial charge in [-0.25, -0.2) is 4.98 Å². The molecule has 4 heteroatoms. The Balaban J connectivity index is 2.35. The standard InChI is InChI=1S/C9H16N2S2/c1-3-12-5-4-8(10)9-11-7(2)6-13-9/h6,8H,3-5,10H2,1-2H3. The maximum Gasteiger partial charge on any atom is 0.110 e. The maximum atomic E-state index is 5.98. The lowest BCUT2D eigenvalue weighted by Crippen LogP contribution is -2.10. The number of aryl methyl sites for hydroxylation is 1. The average Bonchev–Trinajstić information content (AvgIpc) is 2.52. The summed E-state index contributed by atoms with van der Waals surface area (Å²) < 4.78 is 0. The third-order valence-electron chi connectivity index (χ3n) is 1.73. The van der Waals surface area contributed by atoms with Gasteiger partial charge in [0.25, 0.3) is 0 Å². The molecule has 0 saturated heterocycles. The normalized spacial score (nSPS) is 13.2. The number of nitrogens with zero attached hydrogens (tertiary/aromatic N) is 1. The topological polar surface area (TPSA) is 38.9 Å². The molecule has 2 N–H and O–H groups in total. The van der Waals surface area contributed by atoms with Gasteiger partial charge in [0.2, 0.25) is 0 Å². The Morgan fingerprint density at radius 1 is 1.69 bits per heavy atom. The van der Waals surface area contributed by atoms with Crippen molar-refractivity contribution in [2.45, 2.75) is 26.3 Å². The van der Waals surface area contributed by atoms with Crippen molar-refractivity contribution in [3.63, 3.8) is 0 Å². The smallest absolute Gasteiger partial charge is 0.110 e. The largest absolute Gasteiger partial charge is 0.322 e. The molecule has 1 heterocycles. The van der Waals surface area contributed by atoms with Crippen molar-refractivity contribution in [1.29, 1.82) is 0 Å². The molecule has 1 atom stereocenters. The highest BCUT2D eigenvalue weighted by molar-refractivity contribution is 7.99. The van der Waals surface area contributed by atoms with Gasteiger partial charge in [0.1, 0.15) is 5.01 Å². The Morgan fingerprint density at radius 2 is 2.46 bits per heavy atom. The van der Waals surface area contributed by atoms with E-state index in [1.165, 1.54) is 5.75 Å². The van der Waals surface area contributed by atoms with Crippen LogP contribution in [0.3, 0.4) is 0 Å². The van der Waals surface area contributed by atoms with Crippen LogP contribution in [0.15, 0.2) is 5.38 Å². The first kappa shape index (κ1) is 11.0. The monoisotopic (exact) mass is 216 g/mol. The minimum absolute atomic E-state index is 0.137. The highest BCUT2D eigenvalue weighted by atomic mass is 32.2. The Kier molecular flexibility index (Phi) is 4.77. The minimum atomic E-state index is 0.137. The second-order valence-corrected chi connectivity index (χ2v) is 5.20. The summed E-state index contributed by atoms with van der Waals surface area (Å²) in [7, 11) is 0. The van der Waals surface area contributed by atoms with E-state index in [1.807, 2.05) is 18.7 Å². The van der Waals surface area contributed by atoms with Crippen molar-refractivity contribution < 1.29 is 0 Å². The number of thiazole rings is 1. The summed E-state index contributed by atoms with van der Waals surface area (Å²) in [5, 5.41) is 3.14. The Morgan fingerprint density at radius 3 is 3.00 bits per heavy atom. The third-order valence-corrected chi connectivity index (χ3v) is 3.76. The van der Waals surface area contributed by atoms with Crippen molar-refractivity contribution >= 4 is 23.1 Å². The van der Waals surface area contributed by atoms with Crippen LogP contribution in [0.2, 0.25) is 0 Å². The molecule has 1 rings (SSSR count). The van der Waals surface area contributed by atoms with E-state index in [2.05, 4.69) is 17.3 Å². The number of thioether (sulfide) groups is 1. The zero-order valence-electron chi connectivity index (χ0n) is 8.12. The van der Waals surface area contributed by atoms with E-state index in [0.717, 1.165) is 22.9 Å². The lowest BCUT2D eigenvalue weighted by Gasteiger charge is -2.06. The van der Waals surface area contributed by atoms with Gasteiger partial charge in [0, 0.05) is 11.1 Å². The first-order valence-electron chi connectivity index (χ1n) is 4.49. The van der Waals surface area contributed by atoms with Crippen molar-refractivity contribution in [3.8, 4) is 0 Å². The fraction of sp³-hybridized carbons (Fsp3) is 0.667. The summed E-state index contributed by atoms with van der Waals surface area (Å²) in [6.07, 6.45) is 1.03. The number of hydrogen-bond acceptors (Lipinski definition) is 4. The van der Waals surface area contributed by atoms with Gasteiger partial charge in [-0.3, -0.25) is 0 Å². The van der Waals surface area contributed by atoms with E-state index in [1.54, 1.807) is 11.3 Å². The molecule has 0 fully saturated rings. The van der Waals surface area contributed by atoms with Crippen LogP contribution in [0.4, 0.5) is 0 Å². The second-order valence-electron chi connectivity index (χ2n) is 2.92. The molecule has 1 unspecified atom stereocenters. The van der Waals surface area contributed by atoms with Crippen LogP contribution in [0.1, 0.15) is 30.1 Å². The van der Waals surface area contributed by atoms with Gasteiger partial charge in [-0.1, -0.05) is 6.92 Å². The molecule has 0 aliphatic carbocycles. The summed E-state index contributed by atoms with van der Waals surface area (Å²) in [5.74, 6) is 2.31. The quantitative estimate of drug-likeness (QED) is 0.769. The van der Waals surface area contributed by atoms with Gasteiger partial charge >= 0.3 is 0 Å². The number of hydrogen-bond donors (Lipinski definition) is 1. The summed E-state index contributed by atoms with van der Waals surface area (Å²) in [4.78, 5) is 4.37. The molecule has 0 amide bonds. The van der Waals surface area contributed by atoms with Crippen LogP contribution in [0.25, 0.3) is 0 Å². The van der Waals surface area contributed by atoms with Crippen LogP contribution in [-0.4, -0.2) is 16.5 Å². The summed E-state index contributed by atoms with van der Waals surface area (Å²) in [6, 6.07) is 0.137. The molecule has 1 aromatic heterocycles. The first-order valence-corrected chi connectivity index (χ1v) is 6.52. The SMILES string of the molecule is CCSCCC(N)c1nc(C)cs1. The van der Waals surface area contributed by atoms with Gasteiger partial charge in [-0.15, -0.1) is 11.3 Å². The van der Waals surface area contributed by atoms with Gasteiger partial charge in [0.15, 0.2) is 0 Å². The van der Waals surface area contributed by atoms with Crippen LogP contribution in [0, 0.1) is 6.92 Å². The van der Waals surface area contributed by atoms with E-state index < -0.39 is 0 Å². The lowest BCUT2D eigenvalue weighted by molar-refractivity contribution is 0.697. The first-order chi connectivity index (χ1) is 6.24. The van der Waals surface area contributed by atoms with Crippen LogP contribution in [0.5, 0.6) is 0 Å². The Hall–Kier alpha value is -0.0600. The van der Waals surface area contributed by atoms with E-state index in [9.17, 15) is 0 Å². The summed E-state index contributed by atoms with van der Waals surface area (Å²) in [6.45, 7) is 4.18. The zero-order chi connectivity index (χ0) is 9.68. The molecule has 1 aromatic rings. The fourth-order valence-corrected chi connectivity index (χ4v) is 2.56.